The molecule has 0 fully saturated rings. The summed E-state index contributed by atoms with van der Waals surface area (Å²) in [6, 6.07) is 15.5. The molecule has 0 heterocycles. The topological polar surface area (TPSA) is 84.5 Å². The molecule has 0 aliphatic heterocycles. The van der Waals surface area contributed by atoms with Crippen LogP contribution >= 0.6 is 0 Å². The Morgan fingerprint density at radius 3 is 2.33 bits per heavy atom. The molecule has 142 valence electrons. The maximum atomic E-state index is 12.2. The summed E-state index contributed by atoms with van der Waals surface area (Å²) in [5.41, 5.74) is 1.34. The zero-order valence-electron chi connectivity index (χ0n) is 15.5. The summed E-state index contributed by atoms with van der Waals surface area (Å²) in [6.45, 7) is 4.10. The lowest BCUT2D eigenvalue weighted by Crippen LogP contribution is -2.37. The summed E-state index contributed by atoms with van der Waals surface area (Å²) < 4.78 is 5.18. The molecular formula is C21H24N2O4. The number of hydrogen-bond acceptors (Lipinski definition) is 4. The molecule has 2 rings (SSSR count). The number of rotatable bonds is 7. The van der Waals surface area contributed by atoms with Gasteiger partial charge in [-0.1, -0.05) is 55.8 Å². The minimum atomic E-state index is -0.841. The second kappa shape index (κ2) is 10.1. The van der Waals surface area contributed by atoms with Gasteiger partial charge < -0.3 is 15.4 Å². The van der Waals surface area contributed by atoms with Crippen molar-refractivity contribution >= 4 is 23.5 Å². The highest BCUT2D eigenvalue weighted by atomic mass is 16.5. The lowest BCUT2D eigenvalue weighted by Gasteiger charge is -2.15. The Kier molecular flexibility index (Phi) is 7.55. The first-order valence-corrected chi connectivity index (χ1v) is 8.96. The van der Waals surface area contributed by atoms with Gasteiger partial charge in [-0.25, -0.2) is 4.79 Å². The van der Waals surface area contributed by atoms with Gasteiger partial charge in [0.25, 0.3) is 0 Å². The van der Waals surface area contributed by atoms with Crippen LogP contribution in [0.2, 0.25) is 0 Å². The van der Waals surface area contributed by atoms with Crippen LogP contribution in [-0.4, -0.2) is 24.4 Å². The van der Waals surface area contributed by atoms with E-state index in [0.717, 1.165) is 18.4 Å². The van der Waals surface area contributed by atoms with E-state index in [2.05, 4.69) is 10.6 Å². The third kappa shape index (κ3) is 5.95. The quantitative estimate of drug-likeness (QED) is 0.445. The number of hydrogen-bond donors (Lipinski definition) is 2. The fourth-order valence-electron chi connectivity index (χ4n) is 2.42. The Labute approximate surface area is 158 Å². The molecule has 2 amide bonds. The molecule has 0 spiro atoms. The average Bonchev–Trinajstić information content (AvgIpc) is 2.69. The number of carbonyl (C=O) groups is 3. The number of benzene rings is 2. The summed E-state index contributed by atoms with van der Waals surface area (Å²) in [5.74, 6) is -2.15. The van der Waals surface area contributed by atoms with Crippen LogP contribution in [0.25, 0.3) is 0 Å². The molecule has 0 aromatic heterocycles. The molecule has 0 saturated carbocycles. The smallest absolute Gasteiger partial charge is 0.340 e. The first-order valence-electron chi connectivity index (χ1n) is 8.96. The molecule has 0 aliphatic rings. The number of carbonyl (C=O) groups excluding carboxylic acids is 3. The van der Waals surface area contributed by atoms with Crippen LogP contribution < -0.4 is 10.6 Å². The zero-order chi connectivity index (χ0) is 19.6. The monoisotopic (exact) mass is 368 g/mol. The van der Waals surface area contributed by atoms with E-state index in [1.165, 1.54) is 0 Å². The van der Waals surface area contributed by atoms with Gasteiger partial charge in [0.05, 0.1) is 23.9 Å². The molecular weight excluding hydrogens is 344 g/mol. The van der Waals surface area contributed by atoms with Gasteiger partial charge >= 0.3 is 17.8 Å². The standard InChI is InChI=1S/C21H24N2O4/c1-3-4-14-27-21(26)17-12-8-9-13-18(17)23-20(25)19(24)22-15(2)16-10-6-5-7-11-16/h5-13,15H,3-4,14H2,1-2H3,(H,22,24)(H,23,25). The summed E-state index contributed by atoms with van der Waals surface area (Å²) in [6.07, 6.45) is 1.67. The van der Waals surface area contributed by atoms with Crippen molar-refractivity contribution in [3.63, 3.8) is 0 Å². The second-order valence-corrected chi connectivity index (χ2v) is 6.10. The molecule has 6 nitrogen and oxygen atoms in total. The van der Waals surface area contributed by atoms with Crippen molar-refractivity contribution in [2.75, 3.05) is 11.9 Å². The van der Waals surface area contributed by atoms with Crippen molar-refractivity contribution in [1.82, 2.24) is 5.32 Å². The van der Waals surface area contributed by atoms with E-state index in [-0.39, 0.29) is 17.3 Å². The van der Waals surface area contributed by atoms with Gasteiger partial charge in [0.15, 0.2) is 0 Å². The molecule has 0 radical (unpaired) electrons. The normalized spacial score (nSPS) is 11.3. The summed E-state index contributed by atoms with van der Waals surface area (Å²) in [4.78, 5) is 36.6. The highest BCUT2D eigenvalue weighted by Crippen LogP contribution is 2.17. The largest absolute Gasteiger partial charge is 0.462 e. The number of unbranched alkanes of at least 4 members (excludes halogenated alkanes) is 1. The van der Waals surface area contributed by atoms with Crippen LogP contribution in [0, 0.1) is 0 Å². The number of anilines is 1. The molecule has 0 saturated heterocycles. The maximum absolute atomic E-state index is 12.2. The molecule has 27 heavy (non-hydrogen) atoms. The Morgan fingerprint density at radius 2 is 1.63 bits per heavy atom. The minimum absolute atomic E-state index is 0.214. The van der Waals surface area contributed by atoms with Gasteiger partial charge in [0, 0.05) is 0 Å². The van der Waals surface area contributed by atoms with Gasteiger partial charge in [-0.3, -0.25) is 9.59 Å². The van der Waals surface area contributed by atoms with Gasteiger partial charge in [-0.05, 0) is 31.0 Å². The average molecular weight is 368 g/mol. The number of para-hydroxylation sites is 1. The number of amides is 2. The minimum Gasteiger partial charge on any atom is -0.462 e. The van der Waals surface area contributed by atoms with Crippen molar-refractivity contribution in [3.05, 3.63) is 65.7 Å². The van der Waals surface area contributed by atoms with Crippen LogP contribution in [0.5, 0.6) is 0 Å². The van der Waals surface area contributed by atoms with Crippen LogP contribution in [0.1, 0.15) is 48.7 Å². The number of esters is 1. The maximum Gasteiger partial charge on any atom is 0.340 e. The van der Waals surface area contributed by atoms with Gasteiger partial charge in [-0.15, -0.1) is 0 Å². The van der Waals surface area contributed by atoms with E-state index in [9.17, 15) is 14.4 Å². The van der Waals surface area contributed by atoms with E-state index in [1.807, 2.05) is 37.3 Å². The van der Waals surface area contributed by atoms with Crippen LogP contribution in [-0.2, 0) is 14.3 Å². The molecule has 6 heteroatoms. The van der Waals surface area contributed by atoms with E-state index in [0.29, 0.717) is 6.61 Å². The SMILES string of the molecule is CCCCOC(=O)c1ccccc1NC(=O)C(=O)NC(C)c1ccccc1. The highest BCUT2D eigenvalue weighted by Gasteiger charge is 2.20. The van der Waals surface area contributed by atoms with E-state index < -0.39 is 17.8 Å². The highest BCUT2D eigenvalue weighted by molar-refractivity contribution is 6.40. The van der Waals surface area contributed by atoms with Crippen molar-refractivity contribution in [3.8, 4) is 0 Å². The molecule has 0 aliphatic carbocycles. The zero-order valence-corrected chi connectivity index (χ0v) is 15.5. The first kappa shape index (κ1) is 20.2. The Hall–Kier alpha value is -3.15. The third-order valence-corrected chi connectivity index (χ3v) is 3.98. The summed E-state index contributed by atoms with van der Waals surface area (Å²) in [5, 5.41) is 5.13. The van der Waals surface area contributed by atoms with Gasteiger partial charge in [0.1, 0.15) is 0 Å². The van der Waals surface area contributed by atoms with Crippen LogP contribution in [0.4, 0.5) is 5.69 Å². The van der Waals surface area contributed by atoms with Crippen molar-refractivity contribution in [2.45, 2.75) is 32.7 Å². The third-order valence-electron chi connectivity index (χ3n) is 3.98. The molecule has 1 unspecified atom stereocenters. The van der Waals surface area contributed by atoms with E-state index in [1.54, 1.807) is 31.2 Å². The summed E-state index contributed by atoms with van der Waals surface area (Å²) in [7, 11) is 0. The molecule has 2 aromatic rings. The van der Waals surface area contributed by atoms with Crippen LogP contribution in [0.3, 0.4) is 0 Å². The summed E-state index contributed by atoms with van der Waals surface area (Å²) >= 11 is 0. The molecule has 1 atom stereocenters. The predicted molar refractivity (Wildman–Crippen MR) is 103 cm³/mol. The molecule has 2 N–H and O–H groups in total. The van der Waals surface area contributed by atoms with Crippen molar-refractivity contribution in [1.29, 1.82) is 0 Å². The first-order chi connectivity index (χ1) is 13.0. The van der Waals surface area contributed by atoms with E-state index in [4.69, 9.17) is 4.74 Å². The van der Waals surface area contributed by atoms with Gasteiger partial charge in [-0.2, -0.15) is 0 Å². The lowest BCUT2D eigenvalue weighted by atomic mass is 10.1. The Bertz CT molecular complexity index is 790. The molecule has 0 bridgehead atoms. The predicted octanol–water partition coefficient (Wildman–Crippen LogP) is 3.46. The second-order valence-electron chi connectivity index (χ2n) is 6.10. The lowest BCUT2D eigenvalue weighted by molar-refractivity contribution is -0.136. The van der Waals surface area contributed by atoms with Gasteiger partial charge in [0.2, 0.25) is 0 Å². The number of ether oxygens (including phenoxy) is 1. The van der Waals surface area contributed by atoms with Crippen molar-refractivity contribution < 1.29 is 19.1 Å². The Morgan fingerprint density at radius 1 is 0.963 bits per heavy atom. The Balaban J connectivity index is 2.00. The van der Waals surface area contributed by atoms with Crippen LogP contribution in [0.15, 0.2) is 54.6 Å². The van der Waals surface area contributed by atoms with E-state index >= 15 is 0 Å². The fourth-order valence-corrected chi connectivity index (χ4v) is 2.42. The number of nitrogens with one attached hydrogen (secondary N) is 2. The fraction of sp³-hybridized carbons (Fsp3) is 0.286. The van der Waals surface area contributed by atoms with Crippen molar-refractivity contribution in [2.24, 2.45) is 0 Å². The molecule has 2 aromatic carbocycles.